The summed E-state index contributed by atoms with van der Waals surface area (Å²) in [5.74, 6) is -0.371. The van der Waals surface area contributed by atoms with Crippen molar-refractivity contribution in [1.29, 1.82) is 0 Å². The standard InChI is InChI=1S/C26H34F2N8O/c1-19-2-3-23(24(28)12-19)26(37,16-36-18-29-17-32-36)15-34-8-6-22(7-9-34)35-10-4-21(5-11-35)33-25-30-13-20(27)14-31-25/h2-3,12-14,17-18,21-22,37H,4-11,15-16H2,1H3,(H,30,31,33). The van der Waals surface area contributed by atoms with E-state index >= 15 is 0 Å². The molecule has 0 amide bonds. The Hall–Kier alpha value is -3.02. The van der Waals surface area contributed by atoms with E-state index in [-0.39, 0.29) is 18.2 Å². The molecule has 4 heterocycles. The molecule has 0 radical (unpaired) electrons. The van der Waals surface area contributed by atoms with Crippen LogP contribution in [-0.4, -0.2) is 84.4 Å². The lowest BCUT2D eigenvalue weighted by Gasteiger charge is -2.43. The van der Waals surface area contributed by atoms with Gasteiger partial charge in [0.25, 0.3) is 0 Å². The molecule has 1 atom stereocenters. The summed E-state index contributed by atoms with van der Waals surface area (Å²) in [4.78, 5) is 16.8. The zero-order valence-electron chi connectivity index (χ0n) is 21.1. The molecule has 11 heteroatoms. The van der Waals surface area contributed by atoms with Crippen molar-refractivity contribution in [3.8, 4) is 0 Å². The van der Waals surface area contributed by atoms with Crippen LogP contribution in [0.2, 0.25) is 0 Å². The molecule has 2 saturated heterocycles. The number of aliphatic hydroxyl groups is 1. The summed E-state index contributed by atoms with van der Waals surface area (Å²) >= 11 is 0. The van der Waals surface area contributed by atoms with Crippen LogP contribution in [0.4, 0.5) is 14.7 Å². The minimum Gasteiger partial charge on any atom is -0.382 e. The van der Waals surface area contributed by atoms with Crippen LogP contribution in [0.25, 0.3) is 0 Å². The van der Waals surface area contributed by atoms with Gasteiger partial charge < -0.3 is 15.3 Å². The maximum atomic E-state index is 15.0. The summed E-state index contributed by atoms with van der Waals surface area (Å²) in [6.45, 7) is 5.92. The maximum absolute atomic E-state index is 15.0. The Morgan fingerprint density at radius 3 is 2.41 bits per heavy atom. The summed E-state index contributed by atoms with van der Waals surface area (Å²) in [6.07, 6.45) is 9.27. The van der Waals surface area contributed by atoms with E-state index in [0.29, 0.717) is 18.5 Å². The summed E-state index contributed by atoms with van der Waals surface area (Å²) in [5, 5.41) is 19.2. The molecule has 9 nitrogen and oxygen atoms in total. The average Bonchev–Trinajstić information content (AvgIpc) is 3.39. The third-order valence-electron chi connectivity index (χ3n) is 7.56. The van der Waals surface area contributed by atoms with Crippen molar-refractivity contribution in [1.82, 2.24) is 34.5 Å². The number of hydrogen-bond donors (Lipinski definition) is 2. The van der Waals surface area contributed by atoms with Crippen molar-refractivity contribution in [3.63, 3.8) is 0 Å². The number of aryl methyl sites for hydroxylation is 1. The molecule has 37 heavy (non-hydrogen) atoms. The van der Waals surface area contributed by atoms with Gasteiger partial charge in [-0.05, 0) is 57.3 Å². The van der Waals surface area contributed by atoms with Crippen LogP contribution >= 0.6 is 0 Å². The molecule has 1 unspecified atom stereocenters. The van der Waals surface area contributed by atoms with Crippen LogP contribution in [0.1, 0.15) is 36.8 Å². The average molecular weight is 513 g/mol. The molecule has 3 aromatic rings. The van der Waals surface area contributed by atoms with E-state index in [1.807, 2.05) is 13.0 Å². The molecule has 2 N–H and O–H groups in total. The van der Waals surface area contributed by atoms with Gasteiger partial charge in [-0.15, -0.1) is 0 Å². The number of β-amino-alcohol motifs (C(OH)–C–C–N with tert-alkyl or cyclic N) is 1. The number of rotatable bonds is 8. The van der Waals surface area contributed by atoms with Gasteiger partial charge in [0, 0.05) is 37.3 Å². The van der Waals surface area contributed by atoms with E-state index in [0.717, 1.165) is 57.4 Å². The lowest BCUT2D eigenvalue weighted by molar-refractivity contribution is -0.0323. The predicted molar refractivity (Wildman–Crippen MR) is 135 cm³/mol. The Morgan fingerprint density at radius 2 is 1.76 bits per heavy atom. The van der Waals surface area contributed by atoms with Crippen LogP contribution in [0.15, 0.2) is 43.2 Å². The van der Waals surface area contributed by atoms with E-state index in [1.165, 1.54) is 24.8 Å². The van der Waals surface area contributed by atoms with Gasteiger partial charge in [-0.2, -0.15) is 5.10 Å². The minimum atomic E-state index is -1.43. The van der Waals surface area contributed by atoms with Crippen molar-refractivity contribution in [2.75, 3.05) is 38.0 Å². The van der Waals surface area contributed by atoms with Gasteiger partial charge >= 0.3 is 0 Å². The van der Waals surface area contributed by atoms with Gasteiger partial charge in [-0.3, -0.25) is 4.90 Å². The SMILES string of the molecule is Cc1ccc(C(O)(CN2CCC(N3CCC(Nc4ncc(F)cn4)CC3)CC2)Cn2cncn2)c(F)c1. The molecule has 0 aliphatic carbocycles. The first-order valence-electron chi connectivity index (χ1n) is 12.9. The second kappa shape index (κ2) is 11.2. The highest BCUT2D eigenvalue weighted by Crippen LogP contribution is 2.30. The van der Waals surface area contributed by atoms with Gasteiger partial charge in [0.2, 0.25) is 5.95 Å². The summed E-state index contributed by atoms with van der Waals surface area (Å²) < 4.78 is 29.6. The second-order valence-electron chi connectivity index (χ2n) is 10.3. The van der Waals surface area contributed by atoms with Crippen LogP contribution in [0, 0.1) is 18.6 Å². The number of halogens is 2. The molecule has 2 aliphatic heterocycles. The van der Waals surface area contributed by atoms with Crippen molar-refractivity contribution in [2.24, 2.45) is 0 Å². The van der Waals surface area contributed by atoms with Crippen molar-refractivity contribution in [3.05, 3.63) is 66.0 Å². The highest BCUT2D eigenvalue weighted by atomic mass is 19.1. The number of likely N-dealkylation sites (tertiary alicyclic amines) is 2. The van der Waals surface area contributed by atoms with Gasteiger partial charge in [0.05, 0.1) is 18.9 Å². The quantitative estimate of drug-likeness (QED) is 0.476. The Balaban J connectivity index is 1.16. The minimum absolute atomic E-state index is 0.130. The van der Waals surface area contributed by atoms with E-state index in [4.69, 9.17) is 0 Å². The zero-order chi connectivity index (χ0) is 25.8. The summed E-state index contributed by atoms with van der Waals surface area (Å²) in [7, 11) is 0. The maximum Gasteiger partial charge on any atom is 0.222 e. The van der Waals surface area contributed by atoms with Crippen LogP contribution in [0.5, 0.6) is 0 Å². The molecule has 2 aliphatic rings. The molecule has 2 fully saturated rings. The largest absolute Gasteiger partial charge is 0.382 e. The normalized spacial score (nSPS) is 20.1. The van der Waals surface area contributed by atoms with Crippen LogP contribution in [0.3, 0.4) is 0 Å². The number of nitrogens with zero attached hydrogens (tertiary/aromatic N) is 7. The first-order chi connectivity index (χ1) is 17.9. The number of piperidine rings is 2. The van der Waals surface area contributed by atoms with E-state index in [9.17, 15) is 13.9 Å². The summed E-state index contributed by atoms with van der Waals surface area (Å²) in [5.41, 5.74) is -0.324. The fraction of sp³-hybridized carbons (Fsp3) is 0.538. The first-order valence-corrected chi connectivity index (χ1v) is 12.9. The van der Waals surface area contributed by atoms with Crippen molar-refractivity contribution < 1.29 is 13.9 Å². The fourth-order valence-corrected chi connectivity index (χ4v) is 5.59. The Morgan fingerprint density at radius 1 is 1.03 bits per heavy atom. The number of aromatic nitrogens is 5. The molecule has 0 spiro atoms. The number of anilines is 1. The van der Waals surface area contributed by atoms with E-state index in [1.54, 1.807) is 17.1 Å². The molecular formula is C26H34F2N8O. The van der Waals surface area contributed by atoms with Gasteiger partial charge in [-0.25, -0.2) is 28.4 Å². The molecule has 2 aromatic heterocycles. The monoisotopic (exact) mass is 512 g/mol. The van der Waals surface area contributed by atoms with Gasteiger partial charge in [0.15, 0.2) is 5.82 Å². The molecule has 198 valence electrons. The van der Waals surface area contributed by atoms with Crippen molar-refractivity contribution in [2.45, 2.75) is 56.8 Å². The smallest absolute Gasteiger partial charge is 0.222 e. The lowest BCUT2D eigenvalue weighted by atomic mass is 9.90. The number of hydrogen-bond acceptors (Lipinski definition) is 8. The lowest BCUT2D eigenvalue weighted by Crippen LogP contribution is -2.52. The van der Waals surface area contributed by atoms with E-state index < -0.39 is 17.2 Å². The Bertz CT molecular complexity index is 1150. The molecular weight excluding hydrogens is 478 g/mol. The third kappa shape index (κ3) is 6.28. The molecule has 5 rings (SSSR count). The van der Waals surface area contributed by atoms with Gasteiger partial charge in [0.1, 0.15) is 24.1 Å². The first kappa shape index (κ1) is 25.6. The van der Waals surface area contributed by atoms with E-state index in [2.05, 4.69) is 35.2 Å². The van der Waals surface area contributed by atoms with Crippen LogP contribution < -0.4 is 5.32 Å². The second-order valence-corrected chi connectivity index (χ2v) is 10.3. The number of nitrogens with one attached hydrogen (secondary N) is 1. The highest BCUT2D eigenvalue weighted by molar-refractivity contribution is 5.29. The van der Waals surface area contributed by atoms with Crippen molar-refractivity contribution >= 4 is 5.95 Å². The third-order valence-corrected chi connectivity index (χ3v) is 7.56. The fourth-order valence-electron chi connectivity index (χ4n) is 5.59. The topological polar surface area (TPSA) is 95.2 Å². The Kier molecular flexibility index (Phi) is 7.73. The number of benzene rings is 1. The Labute approximate surface area is 215 Å². The zero-order valence-corrected chi connectivity index (χ0v) is 21.1. The summed E-state index contributed by atoms with van der Waals surface area (Å²) in [6, 6.07) is 5.74. The molecule has 1 aromatic carbocycles. The molecule has 0 saturated carbocycles. The highest BCUT2D eigenvalue weighted by Gasteiger charge is 2.37. The predicted octanol–water partition coefficient (Wildman–Crippen LogP) is 2.58. The van der Waals surface area contributed by atoms with Crippen LogP contribution in [-0.2, 0) is 12.1 Å². The molecule has 0 bridgehead atoms. The van der Waals surface area contributed by atoms with Gasteiger partial charge in [-0.1, -0.05) is 12.1 Å².